The van der Waals surface area contributed by atoms with Gasteiger partial charge in [-0.15, -0.1) is 0 Å². The van der Waals surface area contributed by atoms with E-state index < -0.39 is 0 Å². The molecule has 0 atom stereocenters. The molecule has 0 unspecified atom stereocenters. The molecule has 1 aromatic rings. The van der Waals surface area contributed by atoms with Gasteiger partial charge in [-0.25, -0.2) is 4.98 Å². The lowest BCUT2D eigenvalue weighted by Gasteiger charge is -2.31. The molecule has 1 heterocycles. The van der Waals surface area contributed by atoms with Gasteiger partial charge >= 0.3 is 0 Å². The number of halogens is 1. The molecule has 0 amide bonds. The van der Waals surface area contributed by atoms with Crippen LogP contribution in [0.15, 0.2) is 12.3 Å². The first-order valence-corrected chi connectivity index (χ1v) is 6.81. The van der Waals surface area contributed by atoms with Crippen molar-refractivity contribution >= 4 is 0 Å². The van der Waals surface area contributed by atoms with Crippen LogP contribution in [0, 0.1) is 17.8 Å². The van der Waals surface area contributed by atoms with Gasteiger partial charge in [0.25, 0.3) is 0 Å². The van der Waals surface area contributed by atoms with Crippen LogP contribution in [-0.2, 0) is 0 Å². The van der Waals surface area contributed by atoms with Crippen LogP contribution in [0.5, 0.6) is 5.75 Å². The summed E-state index contributed by atoms with van der Waals surface area (Å²) in [7, 11) is 1.60. The molecule has 1 aliphatic carbocycles. The van der Waals surface area contributed by atoms with E-state index in [1.807, 2.05) is 0 Å². The first-order valence-electron chi connectivity index (χ1n) is 6.81. The maximum Gasteiger partial charge on any atom is 0.220 e. The van der Waals surface area contributed by atoms with Crippen molar-refractivity contribution in [3.05, 3.63) is 23.8 Å². The summed E-state index contributed by atoms with van der Waals surface area (Å²) >= 11 is 0. The highest BCUT2D eigenvalue weighted by molar-refractivity contribution is 5.34. The van der Waals surface area contributed by atoms with Crippen molar-refractivity contribution in [3.63, 3.8) is 0 Å². The van der Waals surface area contributed by atoms with Crippen LogP contribution in [0.25, 0.3) is 0 Å². The van der Waals surface area contributed by atoms with Crippen LogP contribution >= 0.6 is 0 Å². The number of hydrogen-bond acceptors (Lipinski definition) is 2. The van der Waals surface area contributed by atoms with E-state index in [0.717, 1.165) is 24.7 Å². The summed E-state index contributed by atoms with van der Waals surface area (Å²) in [5.41, 5.74) is 0.683. The smallest absolute Gasteiger partial charge is 0.220 e. The summed E-state index contributed by atoms with van der Waals surface area (Å²) < 4.78 is 19.2. The molecule has 1 aromatic heterocycles. The van der Waals surface area contributed by atoms with Gasteiger partial charge in [-0.1, -0.05) is 13.8 Å². The van der Waals surface area contributed by atoms with Gasteiger partial charge in [-0.2, -0.15) is 4.39 Å². The third kappa shape index (κ3) is 2.65. The summed E-state index contributed by atoms with van der Waals surface area (Å²) in [5, 5.41) is 0. The van der Waals surface area contributed by atoms with Gasteiger partial charge in [-0.05, 0) is 49.5 Å². The molecule has 2 nitrogen and oxygen atoms in total. The molecule has 1 aliphatic rings. The fourth-order valence-electron chi connectivity index (χ4n) is 3.05. The Bertz CT molecular complexity index is 397. The molecule has 100 valence electrons. The maximum atomic E-state index is 13.9. The normalized spacial score (nSPS) is 24.3. The zero-order valence-electron chi connectivity index (χ0n) is 11.4. The molecule has 1 saturated carbocycles. The van der Waals surface area contributed by atoms with Gasteiger partial charge in [0.15, 0.2) is 0 Å². The minimum absolute atomic E-state index is 0.267. The molecule has 1 fully saturated rings. The van der Waals surface area contributed by atoms with Crippen LogP contribution < -0.4 is 4.74 Å². The fourth-order valence-corrected chi connectivity index (χ4v) is 3.05. The lowest BCUT2D eigenvalue weighted by atomic mass is 9.75. The lowest BCUT2D eigenvalue weighted by Crippen LogP contribution is -2.19. The molecule has 0 aliphatic heterocycles. The van der Waals surface area contributed by atoms with E-state index in [1.165, 1.54) is 19.0 Å². The summed E-state index contributed by atoms with van der Waals surface area (Å²) in [6.07, 6.45) is 5.92. The van der Waals surface area contributed by atoms with Crippen molar-refractivity contribution in [2.45, 2.75) is 45.4 Å². The highest BCUT2D eigenvalue weighted by Crippen LogP contribution is 2.42. The molecule has 0 N–H and O–H groups in total. The minimum atomic E-state index is -0.359. The number of pyridine rings is 1. The average Bonchev–Trinajstić information content (AvgIpc) is 2.38. The second-order valence-electron chi connectivity index (χ2n) is 5.57. The SMILES string of the molecule is COc1ccnc(F)c1C1CCC(C(C)C)CC1. The van der Waals surface area contributed by atoms with Gasteiger partial charge in [-0.3, -0.25) is 0 Å². The van der Waals surface area contributed by atoms with Gasteiger partial charge in [0, 0.05) is 6.20 Å². The molecule has 3 heteroatoms. The average molecular weight is 251 g/mol. The molecule has 0 bridgehead atoms. The molecule has 0 aromatic carbocycles. The topological polar surface area (TPSA) is 22.1 Å². The van der Waals surface area contributed by atoms with E-state index in [9.17, 15) is 4.39 Å². The third-order valence-electron chi connectivity index (χ3n) is 4.24. The fraction of sp³-hybridized carbons (Fsp3) is 0.667. The monoisotopic (exact) mass is 251 g/mol. The molecular weight excluding hydrogens is 229 g/mol. The van der Waals surface area contributed by atoms with Crippen LogP contribution in [0.3, 0.4) is 0 Å². The molecule has 2 rings (SSSR count). The molecule has 0 saturated heterocycles. The highest BCUT2D eigenvalue weighted by Gasteiger charge is 2.28. The predicted molar refractivity (Wildman–Crippen MR) is 70.3 cm³/mol. The molecule has 18 heavy (non-hydrogen) atoms. The van der Waals surface area contributed by atoms with Gasteiger partial charge in [0.1, 0.15) is 5.75 Å². The Morgan fingerprint density at radius 3 is 2.50 bits per heavy atom. The Balaban J connectivity index is 2.14. The van der Waals surface area contributed by atoms with Crippen LogP contribution in [0.2, 0.25) is 0 Å². The number of rotatable bonds is 3. The van der Waals surface area contributed by atoms with E-state index in [0.29, 0.717) is 11.3 Å². The van der Waals surface area contributed by atoms with Crippen molar-refractivity contribution in [1.29, 1.82) is 0 Å². The van der Waals surface area contributed by atoms with Gasteiger partial charge < -0.3 is 4.74 Å². The van der Waals surface area contributed by atoms with Crippen molar-refractivity contribution in [3.8, 4) is 5.75 Å². The zero-order valence-corrected chi connectivity index (χ0v) is 11.4. The van der Waals surface area contributed by atoms with E-state index in [2.05, 4.69) is 18.8 Å². The Labute approximate surface area is 109 Å². The second-order valence-corrected chi connectivity index (χ2v) is 5.57. The Morgan fingerprint density at radius 1 is 1.28 bits per heavy atom. The Kier molecular flexibility index (Phi) is 4.20. The molecule has 0 radical (unpaired) electrons. The summed E-state index contributed by atoms with van der Waals surface area (Å²) in [5.74, 6) is 2.07. The number of methoxy groups -OCH3 is 1. The van der Waals surface area contributed by atoms with Crippen LogP contribution in [-0.4, -0.2) is 12.1 Å². The minimum Gasteiger partial charge on any atom is -0.496 e. The molecular formula is C15H22FNO. The maximum absolute atomic E-state index is 13.9. The zero-order chi connectivity index (χ0) is 13.1. The Hall–Kier alpha value is -1.12. The third-order valence-corrected chi connectivity index (χ3v) is 4.24. The van der Waals surface area contributed by atoms with Crippen LogP contribution in [0.4, 0.5) is 4.39 Å². The van der Waals surface area contributed by atoms with Crippen molar-refractivity contribution in [2.75, 3.05) is 7.11 Å². The summed E-state index contributed by atoms with van der Waals surface area (Å²) in [6, 6.07) is 1.76. The van der Waals surface area contributed by atoms with E-state index in [-0.39, 0.29) is 11.9 Å². The van der Waals surface area contributed by atoms with Gasteiger partial charge in [0.05, 0.1) is 12.7 Å². The lowest BCUT2D eigenvalue weighted by molar-refractivity contribution is 0.252. The van der Waals surface area contributed by atoms with Gasteiger partial charge in [0.2, 0.25) is 5.95 Å². The van der Waals surface area contributed by atoms with Crippen molar-refractivity contribution in [1.82, 2.24) is 4.98 Å². The first kappa shape index (κ1) is 13.3. The largest absolute Gasteiger partial charge is 0.496 e. The summed E-state index contributed by atoms with van der Waals surface area (Å²) in [6.45, 7) is 4.55. The number of nitrogens with zero attached hydrogens (tertiary/aromatic N) is 1. The second kappa shape index (κ2) is 5.68. The van der Waals surface area contributed by atoms with Crippen molar-refractivity contribution < 1.29 is 9.13 Å². The standard InChI is InChI=1S/C15H22FNO/c1-10(2)11-4-6-12(7-5-11)14-13(18-3)8-9-17-15(14)16/h8-12H,4-7H2,1-3H3. The number of aromatic nitrogens is 1. The highest BCUT2D eigenvalue weighted by atomic mass is 19.1. The quantitative estimate of drug-likeness (QED) is 0.752. The van der Waals surface area contributed by atoms with E-state index in [4.69, 9.17) is 4.74 Å². The number of ether oxygens (including phenoxy) is 1. The van der Waals surface area contributed by atoms with E-state index >= 15 is 0 Å². The van der Waals surface area contributed by atoms with Crippen molar-refractivity contribution in [2.24, 2.45) is 11.8 Å². The molecule has 0 spiro atoms. The number of hydrogen-bond donors (Lipinski definition) is 0. The Morgan fingerprint density at radius 2 is 1.94 bits per heavy atom. The summed E-state index contributed by atoms with van der Waals surface area (Å²) in [4.78, 5) is 3.77. The first-order chi connectivity index (χ1) is 8.63. The van der Waals surface area contributed by atoms with E-state index in [1.54, 1.807) is 13.2 Å². The predicted octanol–water partition coefficient (Wildman–Crippen LogP) is 4.16. The van der Waals surface area contributed by atoms with Crippen LogP contribution in [0.1, 0.15) is 51.0 Å².